The van der Waals surface area contributed by atoms with Gasteiger partial charge in [0.1, 0.15) is 18.1 Å². The van der Waals surface area contributed by atoms with Gasteiger partial charge in [-0.1, -0.05) is 6.07 Å². The lowest BCUT2D eigenvalue weighted by atomic mass is 9.60. The van der Waals surface area contributed by atoms with Gasteiger partial charge in [0, 0.05) is 38.5 Å². The average molecular weight is 565 g/mol. The number of piperidine rings is 1. The molecular weight excluding hydrogens is 539 g/mol. The molecule has 2 aromatic heterocycles. The minimum Gasteiger partial charge on any atom is -0.471 e. The van der Waals surface area contributed by atoms with Gasteiger partial charge in [0.05, 0.1) is 6.10 Å². The van der Waals surface area contributed by atoms with E-state index in [0.717, 1.165) is 37.9 Å². The Hall–Kier alpha value is -3.74. The van der Waals surface area contributed by atoms with Crippen molar-refractivity contribution in [2.24, 2.45) is 5.41 Å². The highest BCUT2D eigenvalue weighted by molar-refractivity contribution is 5.49. The normalized spacial score (nSPS) is 23.5. The van der Waals surface area contributed by atoms with Crippen LogP contribution in [0, 0.1) is 17.0 Å². The van der Waals surface area contributed by atoms with Crippen molar-refractivity contribution >= 4 is 5.82 Å². The SMILES string of the molecule is COC1CC2(CCN3c4c(F)c(OCc5ccc(Oc6ccnc(C(F)(F)F)c6)c(F)c5)nc(=O)n4CC3C2)C1. The number of alkyl halides is 3. The number of anilines is 1. The van der Waals surface area contributed by atoms with Crippen LogP contribution in [0.15, 0.2) is 41.3 Å². The maximum atomic E-state index is 15.5. The standard InChI is InChI=1S/C27H25F5N4O4/c1-38-18-11-26(12-18)5-7-35-16(10-26)13-36-24(35)22(29)23(34-25(36)37)39-14-15-2-3-20(19(28)8-15)40-17-4-6-33-21(9-17)27(30,31)32/h2-4,6,8-9,16,18H,5,7,10-14H2,1H3. The second-order valence-corrected chi connectivity index (χ2v) is 10.5. The summed E-state index contributed by atoms with van der Waals surface area (Å²) in [5.74, 6) is -2.50. The lowest BCUT2D eigenvalue weighted by Crippen LogP contribution is -2.53. The number of pyridine rings is 1. The number of halogens is 5. The summed E-state index contributed by atoms with van der Waals surface area (Å²) in [5, 5.41) is 0. The molecule has 2 fully saturated rings. The summed E-state index contributed by atoms with van der Waals surface area (Å²) in [7, 11) is 1.70. The van der Waals surface area contributed by atoms with Gasteiger partial charge in [0.25, 0.3) is 5.88 Å². The number of fused-ring (bicyclic) bond motifs is 3. The lowest BCUT2D eigenvalue weighted by molar-refractivity contribution is -0.141. The van der Waals surface area contributed by atoms with Crippen LogP contribution >= 0.6 is 0 Å². The van der Waals surface area contributed by atoms with Gasteiger partial charge in [-0.15, -0.1) is 0 Å². The quantitative estimate of drug-likeness (QED) is 0.387. The molecule has 1 unspecified atom stereocenters. The van der Waals surface area contributed by atoms with Gasteiger partial charge in [-0.3, -0.25) is 9.55 Å². The maximum absolute atomic E-state index is 15.5. The number of benzene rings is 1. The summed E-state index contributed by atoms with van der Waals surface area (Å²) in [4.78, 5) is 21.7. The molecule has 4 heterocycles. The summed E-state index contributed by atoms with van der Waals surface area (Å²) in [6.45, 7) is 0.657. The summed E-state index contributed by atoms with van der Waals surface area (Å²) in [5.41, 5.74) is -1.36. The van der Waals surface area contributed by atoms with Crippen LogP contribution in [0.25, 0.3) is 0 Å². The third-order valence-electron chi connectivity index (χ3n) is 8.00. The van der Waals surface area contributed by atoms with E-state index in [-0.39, 0.29) is 47.0 Å². The zero-order chi connectivity index (χ0) is 28.2. The van der Waals surface area contributed by atoms with Crippen molar-refractivity contribution < 1.29 is 36.2 Å². The first-order valence-corrected chi connectivity index (χ1v) is 12.8. The molecule has 1 saturated carbocycles. The van der Waals surface area contributed by atoms with Crippen molar-refractivity contribution in [1.82, 2.24) is 14.5 Å². The number of rotatable bonds is 6. The molecule has 6 rings (SSSR count). The molecule has 1 saturated heterocycles. The fraction of sp³-hybridized carbons (Fsp3) is 0.444. The van der Waals surface area contributed by atoms with Crippen LogP contribution in [0.4, 0.5) is 27.8 Å². The Morgan fingerprint density at radius 1 is 1.12 bits per heavy atom. The first kappa shape index (κ1) is 26.5. The van der Waals surface area contributed by atoms with E-state index < -0.39 is 35.1 Å². The zero-order valence-electron chi connectivity index (χ0n) is 21.4. The van der Waals surface area contributed by atoms with E-state index in [1.54, 1.807) is 7.11 Å². The van der Waals surface area contributed by atoms with Crippen LogP contribution in [0.2, 0.25) is 0 Å². The third-order valence-corrected chi connectivity index (χ3v) is 8.00. The predicted molar refractivity (Wildman–Crippen MR) is 131 cm³/mol. The highest BCUT2D eigenvalue weighted by Gasteiger charge is 2.51. The maximum Gasteiger partial charge on any atom is 0.433 e. The number of hydrogen-bond acceptors (Lipinski definition) is 7. The van der Waals surface area contributed by atoms with Gasteiger partial charge in [-0.05, 0) is 54.9 Å². The highest BCUT2D eigenvalue weighted by atomic mass is 19.4. The van der Waals surface area contributed by atoms with Crippen LogP contribution in [0.1, 0.15) is 36.9 Å². The molecule has 1 spiro atoms. The fourth-order valence-electron chi connectivity index (χ4n) is 6.02. The molecule has 13 heteroatoms. The highest BCUT2D eigenvalue weighted by Crippen LogP contribution is 2.53. The van der Waals surface area contributed by atoms with Gasteiger partial charge in [-0.25, -0.2) is 9.18 Å². The number of hydrogen-bond donors (Lipinski definition) is 0. The van der Waals surface area contributed by atoms with E-state index in [0.29, 0.717) is 19.2 Å². The molecule has 1 atom stereocenters. The third kappa shape index (κ3) is 4.76. The molecular formula is C27H25F5N4O4. The first-order valence-electron chi connectivity index (χ1n) is 12.8. The topological polar surface area (TPSA) is 78.7 Å². The second-order valence-electron chi connectivity index (χ2n) is 10.5. The number of ether oxygens (including phenoxy) is 3. The predicted octanol–water partition coefficient (Wildman–Crippen LogP) is 5.08. The molecule has 212 valence electrons. The lowest BCUT2D eigenvalue weighted by Gasteiger charge is -2.53. The Balaban J connectivity index is 1.14. The van der Waals surface area contributed by atoms with Crippen molar-refractivity contribution in [3.63, 3.8) is 0 Å². The monoisotopic (exact) mass is 564 g/mol. The van der Waals surface area contributed by atoms with Crippen LogP contribution in [0.5, 0.6) is 17.4 Å². The smallest absolute Gasteiger partial charge is 0.433 e. The molecule has 8 nitrogen and oxygen atoms in total. The van der Waals surface area contributed by atoms with E-state index in [9.17, 15) is 22.4 Å². The van der Waals surface area contributed by atoms with Gasteiger partial charge < -0.3 is 19.1 Å². The van der Waals surface area contributed by atoms with E-state index >= 15 is 4.39 Å². The van der Waals surface area contributed by atoms with Gasteiger partial charge >= 0.3 is 11.9 Å². The Kier molecular flexibility index (Phi) is 6.43. The van der Waals surface area contributed by atoms with Crippen LogP contribution < -0.4 is 20.1 Å². The van der Waals surface area contributed by atoms with Crippen molar-refractivity contribution in [1.29, 1.82) is 0 Å². The molecule has 1 aliphatic carbocycles. The van der Waals surface area contributed by atoms with Crippen LogP contribution in [-0.2, 0) is 24.1 Å². The second kappa shape index (κ2) is 9.72. The Labute approximate surface area is 225 Å². The Morgan fingerprint density at radius 2 is 1.93 bits per heavy atom. The van der Waals surface area contributed by atoms with E-state index in [1.165, 1.54) is 22.8 Å². The largest absolute Gasteiger partial charge is 0.471 e. The van der Waals surface area contributed by atoms with Crippen LogP contribution in [-0.4, -0.2) is 40.3 Å². The molecule has 40 heavy (non-hydrogen) atoms. The summed E-state index contributed by atoms with van der Waals surface area (Å²) in [6, 6.07) is 5.49. The van der Waals surface area contributed by atoms with E-state index in [4.69, 9.17) is 14.2 Å². The fourth-order valence-corrected chi connectivity index (χ4v) is 6.02. The van der Waals surface area contributed by atoms with Crippen molar-refractivity contribution in [3.8, 4) is 17.4 Å². The van der Waals surface area contributed by atoms with Gasteiger partial charge in [-0.2, -0.15) is 22.5 Å². The first-order chi connectivity index (χ1) is 19.0. The molecule has 3 aliphatic rings. The van der Waals surface area contributed by atoms with Crippen LogP contribution in [0.3, 0.4) is 0 Å². The number of nitrogens with zero attached hydrogens (tertiary/aromatic N) is 4. The average Bonchev–Trinajstić information content (AvgIpc) is 3.29. The molecule has 3 aromatic rings. The minimum absolute atomic E-state index is 0.0138. The van der Waals surface area contributed by atoms with Gasteiger partial charge in [0.2, 0.25) is 5.82 Å². The molecule has 2 aliphatic heterocycles. The summed E-state index contributed by atoms with van der Waals surface area (Å²) in [6.07, 6.45) is 0.128. The number of methoxy groups -OCH3 is 1. The molecule has 0 amide bonds. The van der Waals surface area contributed by atoms with Crippen molar-refractivity contribution in [3.05, 3.63) is 69.9 Å². The van der Waals surface area contributed by atoms with Gasteiger partial charge in [0.15, 0.2) is 17.4 Å². The van der Waals surface area contributed by atoms with E-state index in [2.05, 4.69) is 9.97 Å². The number of aromatic nitrogens is 3. The zero-order valence-corrected chi connectivity index (χ0v) is 21.4. The van der Waals surface area contributed by atoms with Crippen molar-refractivity contribution in [2.75, 3.05) is 18.6 Å². The summed E-state index contributed by atoms with van der Waals surface area (Å²) >= 11 is 0. The molecule has 1 aromatic carbocycles. The Morgan fingerprint density at radius 3 is 2.65 bits per heavy atom. The minimum atomic E-state index is -4.68. The molecule has 0 radical (unpaired) electrons. The molecule has 0 bridgehead atoms. The van der Waals surface area contributed by atoms with E-state index in [1.807, 2.05) is 4.90 Å². The molecule has 0 N–H and O–H groups in total. The van der Waals surface area contributed by atoms with Crippen molar-refractivity contribution in [2.45, 2.75) is 57.2 Å². The summed E-state index contributed by atoms with van der Waals surface area (Å²) < 4.78 is 86.4. The Bertz CT molecular complexity index is 1510.